The van der Waals surface area contributed by atoms with Crippen LogP contribution in [0.3, 0.4) is 0 Å². The van der Waals surface area contributed by atoms with Crippen molar-refractivity contribution in [2.75, 3.05) is 13.7 Å². The van der Waals surface area contributed by atoms with Gasteiger partial charge in [-0.15, -0.1) is 0 Å². The van der Waals surface area contributed by atoms with E-state index in [4.69, 9.17) is 4.74 Å². The van der Waals surface area contributed by atoms with E-state index in [-0.39, 0.29) is 0 Å². The number of hydrogen-bond acceptors (Lipinski definition) is 1. The van der Waals surface area contributed by atoms with E-state index in [1.54, 1.807) is 7.11 Å². The van der Waals surface area contributed by atoms with Crippen molar-refractivity contribution in [3.63, 3.8) is 0 Å². The molecule has 1 atom stereocenters. The van der Waals surface area contributed by atoms with E-state index in [1.165, 1.54) is 12.8 Å². The van der Waals surface area contributed by atoms with Crippen LogP contribution in [0.2, 0.25) is 0 Å². The summed E-state index contributed by atoms with van der Waals surface area (Å²) in [4.78, 5) is 0. The minimum Gasteiger partial charge on any atom is -0.384 e. The Kier molecular flexibility index (Phi) is 7.59. The molecule has 0 radical (unpaired) electrons. The normalized spacial score (nSPS) is 14.1. The minimum absolute atomic E-state index is 0.723. The molecule has 1 heteroatoms. The molecule has 0 aliphatic rings. The van der Waals surface area contributed by atoms with Crippen molar-refractivity contribution in [2.24, 2.45) is 5.92 Å². The number of ether oxygens (including phenoxy) is 1. The fourth-order valence-corrected chi connectivity index (χ4v) is 1.24. The van der Waals surface area contributed by atoms with Gasteiger partial charge in [0.25, 0.3) is 0 Å². The summed E-state index contributed by atoms with van der Waals surface area (Å²) in [6.45, 7) is 5.19. The predicted molar refractivity (Wildman–Crippen MR) is 49.7 cm³/mol. The standard InChI is InChI=1S/C10H20O/c1-4-6-8-10(7-5-2)9-11-3/h4,6,10H,5,7-9H2,1-3H3/b6-4-. The number of hydrogen-bond donors (Lipinski definition) is 0. The van der Waals surface area contributed by atoms with Crippen LogP contribution in [-0.4, -0.2) is 13.7 Å². The molecular formula is C10H20O. The Morgan fingerprint density at radius 2 is 2.18 bits per heavy atom. The number of methoxy groups -OCH3 is 1. The van der Waals surface area contributed by atoms with E-state index < -0.39 is 0 Å². The molecule has 1 nitrogen and oxygen atoms in total. The Hall–Kier alpha value is -0.300. The highest BCUT2D eigenvalue weighted by Gasteiger charge is 2.03. The second-order valence-corrected chi connectivity index (χ2v) is 2.91. The van der Waals surface area contributed by atoms with Crippen molar-refractivity contribution in [1.29, 1.82) is 0 Å². The van der Waals surface area contributed by atoms with Crippen LogP contribution >= 0.6 is 0 Å². The predicted octanol–water partition coefficient (Wildman–Crippen LogP) is 3.02. The van der Waals surface area contributed by atoms with Crippen LogP contribution in [0.15, 0.2) is 12.2 Å². The lowest BCUT2D eigenvalue weighted by atomic mass is 10.0. The third-order valence-electron chi connectivity index (χ3n) is 1.80. The average molecular weight is 156 g/mol. The maximum Gasteiger partial charge on any atom is 0.0493 e. The Balaban J connectivity index is 3.50. The van der Waals surface area contributed by atoms with Crippen molar-refractivity contribution >= 4 is 0 Å². The lowest BCUT2D eigenvalue weighted by Crippen LogP contribution is -2.06. The monoisotopic (exact) mass is 156 g/mol. The van der Waals surface area contributed by atoms with Crippen molar-refractivity contribution in [1.82, 2.24) is 0 Å². The molecule has 66 valence electrons. The summed E-state index contributed by atoms with van der Waals surface area (Å²) in [5, 5.41) is 0. The average Bonchev–Trinajstić information content (AvgIpc) is 2.01. The van der Waals surface area contributed by atoms with Gasteiger partial charge >= 0.3 is 0 Å². The van der Waals surface area contributed by atoms with Gasteiger partial charge in [-0.3, -0.25) is 0 Å². The van der Waals surface area contributed by atoms with Gasteiger partial charge in [0.2, 0.25) is 0 Å². The summed E-state index contributed by atoms with van der Waals surface area (Å²) in [5.74, 6) is 0.723. The summed E-state index contributed by atoms with van der Waals surface area (Å²) in [7, 11) is 1.78. The smallest absolute Gasteiger partial charge is 0.0493 e. The van der Waals surface area contributed by atoms with Gasteiger partial charge in [-0.05, 0) is 25.7 Å². The first kappa shape index (κ1) is 10.7. The molecule has 0 aliphatic carbocycles. The van der Waals surface area contributed by atoms with Gasteiger partial charge < -0.3 is 4.74 Å². The summed E-state index contributed by atoms with van der Waals surface area (Å²) in [6.07, 6.45) is 8.03. The van der Waals surface area contributed by atoms with Crippen molar-refractivity contribution < 1.29 is 4.74 Å². The fourth-order valence-electron chi connectivity index (χ4n) is 1.24. The highest BCUT2D eigenvalue weighted by molar-refractivity contribution is 4.80. The molecular weight excluding hydrogens is 136 g/mol. The molecule has 0 rings (SSSR count). The molecule has 0 aliphatic heterocycles. The van der Waals surface area contributed by atoms with E-state index in [0.717, 1.165) is 18.9 Å². The van der Waals surface area contributed by atoms with Crippen LogP contribution in [0.1, 0.15) is 33.1 Å². The Morgan fingerprint density at radius 3 is 2.64 bits per heavy atom. The van der Waals surface area contributed by atoms with Gasteiger partial charge in [0.1, 0.15) is 0 Å². The van der Waals surface area contributed by atoms with E-state index >= 15 is 0 Å². The topological polar surface area (TPSA) is 9.23 Å². The summed E-state index contributed by atoms with van der Waals surface area (Å²) < 4.78 is 5.12. The number of allylic oxidation sites excluding steroid dienone is 2. The molecule has 11 heavy (non-hydrogen) atoms. The van der Waals surface area contributed by atoms with Crippen LogP contribution in [0.25, 0.3) is 0 Å². The van der Waals surface area contributed by atoms with Gasteiger partial charge in [0.15, 0.2) is 0 Å². The molecule has 0 fully saturated rings. The van der Waals surface area contributed by atoms with Gasteiger partial charge in [-0.2, -0.15) is 0 Å². The zero-order valence-electron chi connectivity index (χ0n) is 7.97. The van der Waals surface area contributed by atoms with Gasteiger partial charge in [0, 0.05) is 13.7 Å². The molecule has 0 heterocycles. The summed E-state index contributed by atoms with van der Waals surface area (Å²) in [6, 6.07) is 0. The van der Waals surface area contributed by atoms with Crippen LogP contribution < -0.4 is 0 Å². The van der Waals surface area contributed by atoms with Crippen LogP contribution in [0, 0.1) is 5.92 Å². The molecule has 0 aromatic rings. The summed E-state index contributed by atoms with van der Waals surface area (Å²) >= 11 is 0. The molecule has 0 aromatic heterocycles. The van der Waals surface area contributed by atoms with Crippen LogP contribution in [0.4, 0.5) is 0 Å². The third kappa shape index (κ3) is 6.11. The van der Waals surface area contributed by atoms with Crippen molar-refractivity contribution in [3.05, 3.63) is 12.2 Å². The molecule has 0 spiro atoms. The first-order chi connectivity index (χ1) is 5.35. The SMILES string of the molecule is C/C=C\CC(CCC)COC. The number of rotatable bonds is 6. The fraction of sp³-hybridized carbons (Fsp3) is 0.800. The molecule has 1 unspecified atom stereocenters. The van der Waals surface area contributed by atoms with E-state index in [1.807, 2.05) is 0 Å². The minimum atomic E-state index is 0.723. The summed E-state index contributed by atoms with van der Waals surface area (Å²) in [5.41, 5.74) is 0. The quantitative estimate of drug-likeness (QED) is 0.537. The maximum absolute atomic E-state index is 5.12. The lowest BCUT2D eigenvalue weighted by molar-refractivity contribution is 0.148. The zero-order chi connectivity index (χ0) is 8.53. The van der Waals surface area contributed by atoms with Gasteiger partial charge in [0.05, 0.1) is 0 Å². The Morgan fingerprint density at radius 1 is 1.45 bits per heavy atom. The van der Waals surface area contributed by atoms with E-state index in [9.17, 15) is 0 Å². The Labute approximate surface area is 70.4 Å². The first-order valence-corrected chi connectivity index (χ1v) is 4.45. The van der Waals surface area contributed by atoms with E-state index in [2.05, 4.69) is 26.0 Å². The molecule has 0 saturated heterocycles. The molecule has 0 bridgehead atoms. The molecule has 0 N–H and O–H groups in total. The largest absolute Gasteiger partial charge is 0.384 e. The van der Waals surface area contributed by atoms with Gasteiger partial charge in [-0.1, -0.05) is 25.5 Å². The maximum atomic E-state index is 5.12. The Bertz CT molecular complexity index is 91.0. The highest BCUT2D eigenvalue weighted by atomic mass is 16.5. The molecule has 0 saturated carbocycles. The lowest BCUT2D eigenvalue weighted by Gasteiger charge is -2.11. The van der Waals surface area contributed by atoms with E-state index in [0.29, 0.717) is 0 Å². The zero-order valence-corrected chi connectivity index (χ0v) is 7.97. The van der Waals surface area contributed by atoms with Crippen molar-refractivity contribution in [3.8, 4) is 0 Å². The van der Waals surface area contributed by atoms with Crippen LogP contribution in [0.5, 0.6) is 0 Å². The first-order valence-electron chi connectivity index (χ1n) is 4.45. The van der Waals surface area contributed by atoms with Crippen LogP contribution in [-0.2, 0) is 4.74 Å². The molecule has 0 amide bonds. The van der Waals surface area contributed by atoms with Crippen molar-refractivity contribution in [2.45, 2.75) is 33.1 Å². The van der Waals surface area contributed by atoms with Gasteiger partial charge in [-0.25, -0.2) is 0 Å². The second kappa shape index (κ2) is 7.80. The third-order valence-corrected chi connectivity index (χ3v) is 1.80. The molecule has 0 aromatic carbocycles. The highest BCUT2D eigenvalue weighted by Crippen LogP contribution is 2.11. The second-order valence-electron chi connectivity index (χ2n) is 2.91.